The molecule has 3 rings (SSSR count). The van der Waals surface area contributed by atoms with Gasteiger partial charge in [-0.05, 0) is 50.7 Å². The van der Waals surface area contributed by atoms with Gasteiger partial charge < -0.3 is 4.90 Å². The van der Waals surface area contributed by atoms with Gasteiger partial charge in [-0.25, -0.2) is 0 Å². The van der Waals surface area contributed by atoms with Gasteiger partial charge in [0.2, 0.25) is 0 Å². The molecule has 0 radical (unpaired) electrons. The summed E-state index contributed by atoms with van der Waals surface area (Å²) in [5.41, 5.74) is 1.33. The number of thiocarbonyl (C=S) groups is 1. The minimum Gasteiger partial charge on any atom is -0.357 e. The largest absolute Gasteiger partial charge is 0.357 e. The lowest BCUT2D eigenvalue weighted by molar-refractivity contribution is -0.122. The van der Waals surface area contributed by atoms with Gasteiger partial charge in [0, 0.05) is 31.7 Å². The number of hydrogen-bond donors (Lipinski definition) is 0. The maximum atomic E-state index is 13.4. The minimum absolute atomic E-state index is 0.0638. The van der Waals surface area contributed by atoms with Crippen LogP contribution in [0.2, 0.25) is 0 Å². The number of hydrogen-bond acceptors (Lipinski definition) is 6. The molecule has 0 aliphatic carbocycles. The summed E-state index contributed by atoms with van der Waals surface area (Å²) in [4.78, 5) is 31.2. The number of piperidine rings is 1. The van der Waals surface area contributed by atoms with Crippen molar-refractivity contribution in [3.63, 3.8) is 0 Å². The summed E-state index contributed by atoms with van der Waals surface area (Å²) in [7, 11) is 0. The second kappa shape index (κ2) is 15.6. The fourth-order valence-electron chi connectivity index (χ4n) is 5.74. The predicted octanol–water partition coefficient (Wildman–Crippen LogP) is 7.41. The Morgan fingerprint density at radius 2 is 1.69 bits per heavy atom. The van der Waals surface area contributed by atoms with Crippen molar-refractivity contribution < 1.29 is 4.79 Å². The van der Waals surface area contributed by atoms with E-state index < -0.39 is 0 Å². The fourth-order valence-corrected chi connectivity index (χ4v) is 7.03. The van der Waals surface area contributed by atoms with E-state index in [4.69, 9.17) is 12.2 Å². The van der Waals surface area contributed by atoms with Crippen molar-refractivity contribution in [2.24, 2.45) is 5.92 Å². The molecule has 2 aliphatic rings. The number of nitriles is 1. The lowest BCUT2D eigenvalue weighted by atomic mass is 9.98. The topological polar surface area (TPSA) is 69.3 Å². The first-order valence-corrected chi connectivity index (χ1v) is 16.2. The molecule has 8 heteroatoms. The predicted molar refractivity (Wildman–Crippen MR) is 168 cm³/mol. The zero-order valence-electron chi connectivity index (χ0n) is 24.4. The molecule has 39 heavy (non-hydrogen) atoms. The van der Waals surface area contributed by atoms with Crippen LogP contribution in [0.3, 0.4) is 0 Å². The van der Waals surface area contributed by atoms with Crippen molar-refractivity contribution in [3.8, 4) is 6.07 Å². The van der Waals surface area contributed by atoms with Crippen LogP contribution in [0.25, 0.3) is 6.08 Å². The molecule has 0 saturated carbocycles. The third-order valence-electron chi connectivity index (χ3n) is 8.00. The smallest absolute Gasteiger partial charge is 0.270 e. The first-order valence-electron chi connectivity index (χ1n) is 15.0. The third kappa shape index (κ3) is 7.98. The van der Waals surface area contributed by atoms with Crippen molar-refractivity contribution in [3.05, 3.63) is 31.9 Å². The van der Waals surface area contributed by atoms with Gasteiger partial charge in [-0.2, -0.15) is 5.26 Å². The highest BCUT2D eigenvalue weighted by Crippen LogP contribution is 2.37. The Labute approximate surface area is 244 Å². The number of rotatable bonds is 14. The Morgan fingerprint density at radius 3 is 2.28 bits per heavy atom. The van der Waals surface area contributed by atoms with E-state index in [0.29, 0.717) is 33.8 Å². The van der Waals surface area contributed by atoms with E-state index in [9.17, 15) is 14.9 Å². The lowest BCUT2D eigenvalue weighted by Crippen LogP contribution is -2.40. The highest BCUT2D eigenvalue weighted by molar-refractivity contribution is 8.26. The van der Waals surface area contributed by atoms with Crippen LogP contribution in [0, 0.1) is 24.2 Å². The summed E-state index contributed by atoms with van der Waals surface area (Å²) in [6.45, 7) is 11.1. The number of anilines is 1. The van der Waals surface area contributed by atoms with Gasteiger partial charge in [-0.3, -0.25) is 19.1 Å². The van der Waals surface area contributed by atoms with Crippen LogP contribution >= 0.6 is 24.0 Å². The fraction of sp³-hybridized carbons (Fsp3) is 0.677. The average molecular weight is 571 g/mol. The number of amides is 1. The van der Waals surface area contributed by atoms with Crippen LogP contribution < -0.4 is 10.5 Å². The maximum Gasteiger partial charge on any atom is 0.270 e. The molecule has 214 valence electrons. The molecule has 3 heterocycles. The number of thioether (sulfide) groups is 1. The van der Waals surface area contributed by atoms with Gasteiger partial charge in [0.15, 0.2) is 0 Å². The molecular weight excluding hydrogens is 525 g/mol. The molecule has 1 unspecified atom stereocenters. The summed E-state index contributed by atoms with van der Waals surface area (Å²) in [6.07, 6.45) is 16.6. The second-order valence-electron chi connectivity index (χ2n) is 11.1. The maximum absolute atomic E-state index is 13.4. The van der Waals surface area contributed by atoms with Crippen LogP contribution in [0.15, 0.2) is 9.70 Å². The molecule has 0 N–H and O–H groups in total. The zero-order valence-corrected chi connectivity index (χ0v) is 26.0. The molecule has 0 spiro atoms. The molecule has 6 nitrogen and oxygen atoms in total. The van der Waals surface area contributed by atoms with Gasteiger partial charge in [0.1, 0.15) is 21.8 Å². The van der Waals surface area contributed by atoms with E-state index in [2.05, 4.69) is 24.8 Å². The molecule has 0 aromatic carbocycles. The van der Waals surface area contributed by atoms with Crippen molar-refractivity contribution in [2.45, 2.75) is 111 Å². The Bertz CT molecular complexity index is 1150. The van der Waals surface area contributed by atoms with E-state index >= 15 is 0 Å². The van der Waals surface area contributed by atoms with E-state index in [1.54, 1.807) is 9.47 Å². The Kier molecular flexibility index (Phi) is 12.6. The Hall–Kier alpha value is -2.11. The van der Waals surface area contributed by atoms with Crippen LogP contribution in [0.5, 0.6) is 0 Å². The van der Waals surface area contributed by atoms with E-state index in [1.807, 2.05) is 19.9 Å². The monoisotopic (exact) mass is 570 g/mol. The third-order valence-corrected chi connectivity index (χ3v) is 9.38. The number of unbranched alkanes of at least 4 members (excludes halogenated alkanes) is 9. The van der Waals surface area contributed by atoms with Gasteiger partial charge in [-0.1, -0.05) is 95.6 Å². The molecule has 1 atom stereocenters. The zero-order chi connectivity index (χ0) is 28.4. The highest BCUT2D eigenvalue weighted by atomic mass is 32.2. The molecule has 2 saturated heterocycles. The van der Waals surface area contributed by atoms with Crippen LogP contribution in [0.4, 0.5) is 5.82 Å². The first kappa shape index (κ1) is 31.4. The number of carbonyl (C=O) groups is 1. The second-order valence-corrected chi connectivity index (χ2v) is 12.8. The molecular formula is C31H46N4O2S2. The summed E-state index contributed by atoms with van der Waals surface area (Å²) in [6, 6.07) is 2.12. The molecule has 0 bridgehead atoms. The summed E-state index contributed by atoms with van der Waals surface area (Å²) in [5.74, 6) is 1.28. The molecule has 1 amide bonds. The SMILES string of the molecule is CCCCCCCCCCCCN1C(=O)/C(=C\c2c(C)c(C#N)c(=O)n(CC)c2N2CCCC(C)C2)SC1=S. The molecule has 1 aromatic heterocycles. The van der Waals surface area contributed by atoms with Gasteiger partial charge >= 0.3 is 0 Å². The number of nitrogens with zero attached hydrogens (tertiary/aromatic N) is 4. The first-order chi connectivity index (χ1) is 18.8. The number of aromatic nitrogens is 1. The molecule has 2 fully saturated rings. The number of carbonyl (C=O) groups excluding carboxylic acids is 1. The molecule has 1 aromatic rings. The van der Waals surface area contributed by atoms with E-state index in [0.717, 1.165) is 50.2 Å². The van der Waals surface area contributed by atoms with Crippen LogP contribution in [-0.4, -0.2) is 39.3 Å². The summed E-state index contributed by atoms with van der Waals surface area (Å²) >= 11 is 6.95. The molecule has 2 aliphatic heterocycles. The van der Waals surface area contributed by atoms with E-state index in [1.165, 1.54) is 63.1 Å². The summed E-state index contributed by atoms with van der Waals surface area (Å²) < 4.78 is 2.30. The van der Waals surface area contributed by atoms with Gasteiger partial charge in [0.25, 0.3) is 11.5 Å². The standard InChI is InChI=1S/C31H46N4O2S2/c1-5-7-8-9-10-11-12-13-14-15-19-35-30(37)27(39-31(35)38)20-25-24(4)26(21-32)29(36)34(6-2)28(25)33-18-16-17-23(3)22-33/h20,23H,5-19,22H2,1-4H3/b27-20+. The van der Waals surface area contributed by atoms with Crippen molar-refractivity contribution in [1.82, 2.24) is 9.47 Å². The van der Waals surface area contributed by atoms with E-state index in [-0.39, 0.29) is 17.0 Å². The number of pyridine rings is 1. The highest BCUT2D eigenvalue weighted by Gasteiger charge is 2.33. The van der Waals surface area contributed by atoms with Gasteiger partial charge in [0.05, 0.1) is 4.91 Å². The lowest BCUT2D eigenvalue weighted by Gasteiger charge is -2.35. The minimum atomic E-state index is -0.253. The Balaban J connectivity index is 1.74. The quantitative estimate of drug-likeness (QED) is 0.132. The normalized spacial score (nSPS) is 18.8. The van der Waals surface area contributed by atoms with Gasteiger partial charge in [-0.15, -0.1) is 0 Å². The van der Waals surface area contributed by atoms with Crippen molar-refractivity contribution in [1.29, 1.82) is 5.26 Å². The van der Waals surface area contributed by atoms with Crippen molar-refractivity contribution >= 4 is 46.1 Å². The average Bonchev–Trinajstić information content (AvgIpc) is 3.18. The van der Waals surface area contributed by atoms with Crippen LogP contribution in [0.1, 0.15) is 115 Å². The van der Waals surface area contributed by atoms with Crippen LogP contribution in [-0.2, 0) is 11.3 Å². The Morgan fingerprint density at radius 1 is 1.05 bits per heavy atom. The summed E-state index contributed by atoms with van der Waals surface area (Å²) in [5, 5.41) is 9.81. The van der Waals surface area contributed by atoms with Crippen molar-refractivity contribution in [2.75, 3.05) is 24.5 Å².